The Morgan fingerprint density at radius 3 is 2.17 bits per heavy atom. The Bertz CT molecular complexity index is 983. The Kier molecular flexibility index (Phi) is 8.79. The van der Waals surface area contributed by atoms with Gasteiger partial charge in [0.2, 0.25) is 5.91 Å². The summed E-state index contributed by atoms with van der Waals surface area (Å²) in [6.07, 6.45) is 7.16. The molecule has 1 amide bonds. The van der Waals surface area contributed by atoms with Gasteiger partial charge in [0.1, 0.15) is 0 Å². The van der Waals surface area contributed by atoms with Crippen molar-refractivity contribution >= 4 is 23.2 Å². The zero-order valence-corrected chi connectivity index (χ0v) is 22.1. The summed E-state index contributed by atoms with van der Waals surface area (Å²) in [6, 6.07) is 17.4. The standard InChI is InChI=1S/C29H40N4OS/c1-23-6-10-25(11-7-23)14-17-30-27(34)20-31-28(35)32-18-19-33(21-26-12-8-24(2)9-13-26)29(22-32)15-4-3-5-16-29/h6-13H,3-5,14-22H2,1-2H3,(H,30,34)(H,31,35). The average molecular weight is 493 g/mol. The first-order valence-corrected chi connectivity index (χ1v) is 13.5. The minimum absolute atomic E-state index is 0.00940. The summed E-state index contributed by atoms with van der Waals surface area (Å²) in [7, 11) is 0. The lowest BCUT2D eigenvalue weighted by Gasteiger charge is -2.53. The van der Waals surface area contributed by atoms with Crippen LogP contribution in [0.1, 0.15) is 54.4 Å². The van der Waals surface area contributed by atoms with Gasteiger partial charge >= 0.3 is 0 Å². The van der Waals surface area contributed by atoms with E-state index in [4.69, 9.17) is 12.2 Å². The van der Waals surface area contributed by atoms with Gasteiger partial charge in [0.25, 0.3) is 0 Å². The van der Waals surface area contributed by atoms with E-state index in [0.717, 1.165) is 32.6 Å². The molecule has 35 heavy (non-hydrogen) atoms. The van der Waals surface area contributed by atoms with E-state index in [-0.39, 0.29) is 18.0 Å². The Hall–Kier alpha value is -2.44. The van der Waals surface area contributed by atoms with E-state index >= 15 is 0 Å². The lowest BCUT2D eigenvalue weighted by molar-refractivity contribution is -0.120. The second-order valence-corrected chi connectivity index (χ2v) is 10.7. The number of piperazine rings is 1. The van der Waals surface area contributed by atoms with Crippen molar-refractivity contribution in [2.24, 2.45) is 0 Å². The maximum Gasteiger partial charge on any atom is 0.239 e. The lowest BCUT2D eigenvalue weighted by atomic mass is 9.78. The molecule has 1 aliphatic carbocycles. The molecule has 5 nitrogen and oxygen atoms in total. The van der Waals surface area contributed by atoms with Crippen LogP contribution >= 0.6 is 12.2 Å². The number of thiocarbonyl (C=S) groups is 1. The molecule has 2 aromatic carbocycles. The molecule has 0 bridgehead atoms. The molecule has 1 saturated heterocycles. The molecule has 0 atom stereocenters. The third kappa shape index (κ3) is 7.05. The van der Waals surface area contributed by atoms with E-state index in [2.05, 4.69) is 82.8 Å². The van der Waals surface area contributed by atoms with Crippen LogP contribution in [-0.4, -0.2) is 59.1 Å². The first-order valence-electron chi connectivity index (χ1n) is 13.1. The van der Waals surface area contributed by atoms with Crippen molar-refractivity contribution in [3.8, 4) is 0 Å². The second-order valence-electron chi connectivity index (χ2n) is 10.4. The summed E-state index contributed by atoms with van der Waals surface area (Å²) in [4.78, 5) is 17.4. The lowest BCUT2D eigenvalue weighted by Crippen LogP contribution is -2.64. The smallest absolute Gasteiger partial charge is 0.239 e. The van der Waals surface area contributed by atoms with E-state index < -0.39 is 0 Å². The third-order valence-corrected chi connectivity index (χ3v) is 8.02. The van der Waals surface area contributed by atoms with Crippen molar-refractivity contribution < 1.29 is 4.79 Å². The summed E-state index contributed by atoms with van der Waals surface area (Å²) in [5.74, 6) is -0.00940. The van der Waals surface area contributed by atoms with Crippen LogP contribution in [0, 0.1) is 13.8 Å². The Labute approximate surface area is 216 Å². The van der Waals surface area contributed by atoms with Gasteiger partial charge in [0, 0.05) is 38.3 Å². The molecule has 4 rings (SSSR count). The predicted molar refractivity (Wildman–Crippen MR) is 147 cm³/mol. The molecular formula is C29H40N4OS. The summed E-state index contributed by atoms with van der Waals surface area (Å²) in [6.45, 7) is 8.92. The highest BCUT2D eigenvalue weighted by molar-refractivity contribution is 7.80. The van der Waals surface area contributed by atoms with Gasteiger partial charge in [0.05, 0.1) is 6.54 Å². The monoisotopic (exact) mass is 492 g/mol. The van der Waals surface area contributed by atoms with Crippen LogP contribution in [0.15, 0.2) is 48.5 Å². The fourth-order valence-electron chi connectivity index (χ4n) is 5.46. The maximum absolute atomic E-state index is 12.4. The molecule has 2 N–H and O–H groups in total. The second kappa shape index (κ2) is 12.0. The number of hydrogen-bond acceptors (Lipinski definition) is 3. The molecule has 1 aliphatic heterocycles. The fourth-order valence-corrected chi connectivity index (χ4v) is 5.69. The van der Waals surface area contributed by atoms with Gasteiger partial charge in [0.15, 0.2) is 5.11 Å². The number of hydrogen-bond donors (Lipinski definition) is 2. The van der Waals surface area contributed by atoms with Crippen molar-refractivity contribution in [1.82, 2.24) is 20.4 Å². The zero-order valence-electron chi connectivity index (χ0n) is 21.3. The number of carbonyl (C=O) groups excluding carboxylic acids is 1. The highest BCUT2D eigenvalue weighted by Crippen LogP contribution is 2.37. The summed E-state index contributed by atoms with van der Waals surface area (Å²) in [5, 5.41) is 6.95. The molecule has 2 aliphatic rings. The Balaban J connectivity index is 1.27. The minimum Gasteiger partial charge on any atom is -0.354 e. The van der Waals surface area contributed by atoms with Crippen LogP contribution < -0.4 is 10.6 Å². The van der Waals surface area contributed by atoms with Crippen LogP contribution in [0.25, 0.3) is 0 Å². The van der Waals surface area contributed by atoms with Gasteiger partial charge in [-0.2, -0.15) is 0 Å². The highest BCUT2D eigenvalue weighted by atomic mass is 32.1. The molecule has 188 valence electrons. The van der Waals surface area contributed by atoms with Crippen molar-refractivity contribution in [3.05, 3.63) is 70.8 Å². The maximum atomic E-state index is 12.4. The number of benzene rings is 2. The topological polar surface area (TPSA) is 47.6 Å². The molecule has 0 aromatic heterocycles. The average Bonchev–Trinajstić information content (AvgIpc) is 2.87. The number of aryl methyl sites for hydroxylation is 2. The van der Waals surface area contributed by atoms with Crippen molar-refractivity contribution in [3.63, 3.8) is 0 Å². The molecular weight excluding hydrogens is 452 g/mol. The molecule has 1 heterocycles. The molecule has 1 saturated carbocycles. The van der Waals surface area contributed by atoms with Crippen LogP contribution in [-0.2, 0) is 17.8 Å². The molecule has 0 unspecified atom stereocenters. The first kappa shape index (κ1) is 25.6. The summed E-state index contributed by atoms with van der Waals surface area (Å²) >= 11 is 5.75. The molecule has 0 radical (unpaired) electrons. The largest absolute Gasteiger partial charge is 0.354 e. The van der Waals surface area contributed by atoms with Crippen LogP contribution in [0.5, 0.6) is 0 Å². The quantitative estimate of drug-likeness (QED) is 0.563. The van der Waals surface area contributed by atoms with E-state index in [1.165, 1.54) is 54.4 Å². The highest BCUT2D eigenvalue weighted by Gasteiger charge is 2.42. The number of nitrogens with one attached hydrogen (secondary N) is 2. The van der Waals surface area contributed by atoms with Gasteiger partial charge in [-0.3, -0.25) is 9.69 Å². The summed E-state index contributed by atoms with van der Waals surface area (Å²) in [5.41, 5.74) is 5.35. The van der Waals surface area contributed by atoms with E-state index in [9.17, 15) is 4.79 Å². The fraction of sp³-hybridized carbons (Fsp3) is 0.517. The van der Waals surface area contributed by atoms with E-state index in [1.54, 1.807) is 0 Å². The van der Waals surface area contributed by atoms with Gasteiger partial charge in [-0.15, -0.1) is 0 Å². The van der Waals surface area contributed by atoms with Crippen LogP contribution in [0.2, 0.25) is 0 Å². The Morgan fingerprint density at radius 2 is 1.51 bits per heavy atom. The predicted octanol–water partition coefficient (Wildman–Crippen LogP) is 4.36. The van der Waals surface area contributed by atoms with Gasteiger partial charge in [-0.25, -0.2) is 0 Å². The molecule has 6 heteroatoms. The SMILES string of the molecule is Cc1ccc(CCNC(=O)CNC(=S)N2CCN(Cc3ccc(C)cc3)C3(CCCCC3)C2)cc1. The first-order chi connectivity index (χ1) is 16.9. The van der Waals surface area contributed by atoms with Gasteiger partial charge in [-0.05, 0) is 56.5 Å². The van der Waals surface area contributed by atoms with E-state index in [1.807, 2.05) is 0 Å². The summed E-state index contributed by atoms with van der Waals surface area (Å²) < 4.78 is 0. The van der Waals surface area contributed by atoms with Crippen molar-refractivity contribution in [2.45, 2.75) is 64.5 Å². The Morgan fingerprint density at radius 1 is 0.886 bits per heavy atom. The van der Waals surface area contributed by atoms with Crippen molar-refractivity contribution in [1.29, 1.82) is 0 Å². The van der Waals surface area contributed by atoms with Gasteiger partial charge in [-0.1, -0.05) is 78.9 Å². The number of nitrogens with zero attached hydrogens (tertiary/aromatic N) is 2. The molecule has 2 fully saturated rings. The number of rotatable bonds is 7. The number of carbonyl (C=O) groups is 1. The van der Waals surface area contributed by atoms with Gasteiger partial charge < -0.3 is 15.5 Å². The minimum atomic E-state index is -0.00940. The normalized spacial score (nSPS) is 17.8. The molecule has 1 spiro atoms. The van der Waals surface area contributed by atoms with Crippen LogP contribution in [0.3, 0.4) is 0 Å². The van der Waals surface area contributed by atoms with E-state index in [0.29, 0.717) is 11.7 Å². The third-order valence-electron chi connectivity index (χ3n) is 7.62. The molecule has 2 aromatic rings. The number of amides is 1. The van der Waals surface area contributed by atoms with Crippen molar-refractivity contribution in [2.75, 3.05) is 32.7 Å². The zero-order chi connectivity index (χ0) is 24.7. The van der Waals surface area contributed by atoms with Crippen LogP contribution in [0.4, 0.5) is 0 Å².